The highest BCUT2D eigenvalue weighted by Gasteiger charge is 2.17. The standard InChI is InChI=1S/C11H21N/c1-7-10(11(4,5)6)9(3)12-8-2/h8H,7H2,1-6H3/b10-9+,12-8-. The molecule has 0 saturated carbocycles. The molecule has 0 aliphatic carbocycles. The summed E-state index contributed by atoms with van der Waals surface area (Å²) in [4.78, 5) is 4.32. The quantitative estimate of drug-likeness (QED) is 0.555. The van der Waals surface area contributed by atoms with Crippen LogP contribution in [0.25, 0.3) is 0 Å². The van der Waals surface area contributed by atoms with Crippen molar-refractivity contribution in [1.29, 1.82) is 0 Å². The number of nitrogens with zero attached hydrogens (tertiary/aromatic N) is 1. The van der Waals surface area contributed by atoms with Gasteiger partial charge < -0.3 is 0 Å². The van der Waals surface area contributed by atoms with Gasteiger partial charge in [0.15, 0.2) is 0 Å². The highest BCUT2D eigenvalue weighted by atomic mass is 14.7. The van der Waals surface area contributed by atoms with E-state index in [4.69, 9.17) is 0 Å². The molecule has 0 aromatic heterocycles. The minimum Gasteiger partial charge on any atom is -0.266 e. The fourth-order valence-corrected chi connectivity index (χ4v) is 1.60. The Hall–Kier alpha value is -0.590. The van der Waals surface area contributed by atoms with Crippen molar-refractivity contribution in [3.8, 4) is 0 Å². The lowest BCUT2D eigenvalue weighted by molar-refractivity contribution is 0.481. The van der Waals surface area contributed by atoms with E-state index in [1.807, 2.05) is 13.1 Å². The van der Waals surface area contributed by atoms with Gasteiger partial charge in [0, 0.05) is 11.9 Å². The molecule has 0 N–H and O–H groups in total. The Kier molecular flexibility index (Phi) is 4.22. The van der Waals surface area contributed by atoms with Crippen molar-refractivity contribution >= 4 is 6.21 Å². The van der Waals surface area contributed by atoms with Gasteiger partial charge in [-0.3, -0.25) is 4.99 Å². The van der Waals surface area contributed by atoms with Crippen LogP contribution in [-0.4, -0.2) is 6.21 Å². The Morgan fingerprint density at radius 2 is 1.83 bits per heavy atom. The molecule has 1 heteroatoms. The minimum absolute atomic E-state index is 0.255. The van der Waals surface area contributed by atoms with Gasteiger partial charge in [-0.15, -0.1) is 0 Å². The highest BCUT2D eigenvalue weighted by Crippen LogP contribution is 2.30. The van der Waals surface area contributed by atoms with E-state index in [0.29, 0.717) is 0 Å². The summed E-state index contributed by atoms with van der Waals surface area (Å²) < 4.78 is 0. The number of hydrogen-bond donors (Lipinski definition) is 0. The normalized spacial score (nSPS) is 15.2. The van der Waals surface area contributed by atoms with E-state index in [1.165, 1.54) is 11.3 Å². The van der Waals surface area contributed by atoms with E-state index in [0.717, 1.165) is 6.42 Å². The van der Waals surface area contributed by atoms with Crippen LogP contribution in [0.15, 0.2) is 16.3 Å². The summed E-state index contributed by atoms with van der Waals surface area (Å²) >= 11 is 0. The predicted octanol–water partition coefficient (Wildman–Crippen LogP) is 3.81. The lowest BCUT2D eigenvalue weighted by Gasteiger charge is -2.23. The first-order valence-electron chi connectivity index (χ1n) is 4.62. The molecule has 12 heavy (non-hydrogen) atoms. The van der Waals surface area contributed by atoms with Crippen molar-refractivity contribution in [2.45, 2.75) is 48.0 Å². The summed E-state index contributed by atoms with van der Waals surface area (Å²) in [6.45, 7) is 12.9. The van der Waals surface area contributed by atoms with Crippen LogP contribution in [0.1, 0.15) is 48.0 Å². The molecular formula is C11H21N. The largest absolute Gasteiger partial charge is 0.266 e. The summed E-state index contributed by atoms with van der Waals surface area (Å²) in [5.74, 6) is 0. The second-order valence-electron chi connectivity index (χ2n) is 4.05. The van der Waals surface area contributed by atoms with E-state index in [2.05, 4.69) is 39.6 Å². The average molecular weight is 167 g/mol. The van der Waals surface area contributed by atoms with Crippen LogP contribution in [0.5, 0.6) is 0 Å². The molecule has 0 aromatic carbocycles. The summed E-state index contributed by atoms with van der Waals surface area (Å²) in [5.41, 5.74) is 2.87. The van der Waals surface area contributed by atoms with Gasteiger partial charge in [-0.05, 0) is 31.3 Å². The van der Waals surface area contributed by atoms with Crippen molar-refractivity contribution in [3.05, 3.63) is 11.3 Å². The lowest BCUT2D eigenvalue weighted by Crippen LogP contribution is -2.10. The third kappa shape index (κ3) is 3.21. The zero-order valence-electron chi connectivity index (χ0n) is 9.23. The smallest absolute Gasteiger partial charge is 0.0365 e. The van der Waals surface area contributed by atoms with Crippen LogP contribution in [0, 0.1) is 5.41 Å². The van der Waals surface area contributed by atoms with E-state index >= 15 is 0 Å². The fraction of sp³-hybridized carbons (Fsp3) is 0.727. The average Bonchev–Trinajstić information content (AvgIpc) is 1.85. The van der Waals surface area contributed by atoms with E-state index < -0.39 is 0 Å². The van der Waals surface area contributed by atoms with Gasteiger partial charge in [-0.25, -0.2) is 0 Å². The molecule has 0 spiro atoms. The fourth-order valence-electron chi connectivity index (χ4n) is 1.60. The number of hydrogen-bond acceptors (Lipinski definition) is 1. The van der Waals surface area contributed by atoms with Gasteiger partial charge >= 0.3 is 0 Å². The van der Waals surface area contributed by atoms with Crippen LogP contribution < -0.4 is 0 Å². The summed E-state index contributed by atoms with van der Waals surface area (Å²) in [7, 11) is 0. The van der Waals surface area contributed by atoms with Crippen molar-refractivity contribution in [2.75, 3.05) is 0 Å². The first-order chi connectivity index (χ1) is 5.43. The summed E-state index contributed by atoms with van der Waals surface area (Å²) in [6.07, 6.45) is 2.95. The second kappa shape index (κ2) is 4.44. The molecule has 70 valence electrons. The maximum absolute atomic E-state index is 4.32. The number of allylic oxidation sites excluding steroid dienone is 2. The molecule has 0 radical (unpaired) electrons. The van der Waals surface area contributed by atoms with Crippen LogP contribution in [-0.2, 0) is 0 Å². The van der Waals surface area contributed by atoms with Crippen molar-refractivity contribution < 1.29 is 0 Å². The molecule has 0 aliphatic rings. The molecule has 0 rings (SSSR count). The van der Waals surface area contributed by atoms with Gasteiger partial charge in [-0.1, -0.05) is 27.7 Å². The Morgan fingerprint density at radius 3 is 2.08 bits per heavy atom. The van der Waals surface area contributed by atoms with Crippen LogP contribution in [0.4, 0.5) is 0 Å². The van der Waals surface area contributed by atoms with Crippen LogP contribution in [0.3, 0.4) is 0 Å². The lowest BCUT2D eigenvalue weighted by atomic mass is 9.84. The zero-order valence-corrected chi connectivity index (χ0v) is 9.23. The zero-order chi connectivity index (χ0) is 9.78. The molecule has 0 amide bonds. The van der Waals surface area contributed by atoms with E-state index in [-0.39, 0.29) is 5.41 Å². The number of rotatable bonds is 2. The molecule has 0 heterocycles. The maximum Gasteiger partial charge on any atom is 0.0365 e. The summed E-state index contributed by atoms with van der Waals surface area (Å²) in [6, 6.07) is 0. The first kappa shape index (κ1) is 11.4. The maximum atomic E-state index is 4.32. The Labute approximate surface area is 76.6 Å². The van der Waals surface area contributed by atoms with Crippen molar-refractivity contribution in [2.24, 2.45) is 10.4 Å². The van der Waals surface area contributed by atoms with Crippen LogP contribution >= 0.6 is 0 Å². The molecule has 0 atom stereocenters. The topological polar surface area (TPSA) is 12.4 Å². The Bertz CT molecular complexity index is 192. The van der Waals surface area contributed by atoms with Crippen LogP contribution in [0.2, 0.25) is 0 Å². The Morgan fingerprint density at radius 1 is 1.33 bits per heavy atom. The Balaban J connectivity index is 4.86. The molecule has 1 nitrogen and oxygen atoms in total. The van der Waals surface area contributed by atoms with Gasteiger partial charge in [0.25, 0.3) is 0 Å². The summed E-state index contributed by atoms with van der Waals surface area (Å²) in [5, 5.41) is 0. The monoisotopic (exact) mass is 167 g/mol. The van der Waals surface area contributed by atoms with Gasteiger partial charge in [0.2, 0.25) is 0 Å². The number of aliphatic imine (C=N–C) groups is 1. The third-order valence-corrected chi connectivity index (χ3v) is 2.02. The first-order valence-corrected chi connectivity index (χ1v) is 4.62. The van der Waals surface area contributed by atoms with Crippen molar-refractivity contribution in [3.63, 3.8) is 0 Å². The molecule has 0 bridgehead atoms. The molecule has 0 unspecified atom stereocenters. The molecule has 0 aromatic rings. The molecule has 0 aliphatic heterocycles. The van der Waals surface area contributed by atoms with Gasteiger partial charge in [0.05, 0.1) is 0 Å². The second-order valence-corrected chi connectivity index (χ2v) is 4.05. The van der Waals surface area contributed by atoms with E-state index in [9.17, 15) is 0 Å². The molecular weight excluding hydrogens is 146 g/mol. The predicted molar refractivity (Wildman–Crippen MR) is 56.6 cm³/mol. The van der Waals surface area contributed by atoms with Gasteiger partial charge in [0.1, 0.15) is 0 Å². The van der Waals surface area contributed by atoms with E-state index in [1.54, 1.807) is 0 Å². The van der Waals surface area contributed by atoms with Gasteiger partial charge in [-0.2, -0.15) is 0 Å². The highest BCUT2D eigenvalue weighted by molar-refractivity contribution is 5.55. The van der Waals surface area contributed by atoms with Crippen molar-refractivity contribution in [1.82, 2.24) is 0 Å². The molecule has 0 fully saturated rings. The minimum atomic E-state index is 0.255. The molecule has 0 saturated heterocycles. The SMILES string of the molecule is C/C=N\C(C)=C(/CC)C(C)(C)C. The third-order valence-electron chi connectivity index (χ3n) is 2.02.